The number of halogens is 7. The minimum Gasteiger partial charge on any atom is 0 e. The van der Waals surface area contributed by atoms with E-state index in [2.05, 4.69) is 113 Å². The van der Waals surface area contributed by atoms with E-state index in [4.69, 9.17) is 0 Å². The van der Waals surface area contributed by atoms with Crippen LogP contribution < -0.4 is 0 Å². The average molecular weight is 637 g/mol. The Bertz CT molecular complexity index is 54.5. The maximum absolute atomic E-state index is 3.88. The van der Waals surface area contributed by atoms with Crippen molar-refractivity contribution in [3.63, 3.8) is 0 Å². The Morgan fingerprint density at radius 2 is 0.800 bits per heavy atom. The van der Waals surface area contributed by atoms with Crippen molar-refractivity contribution in [3.8, 4) is 0 Å². The van der Waals surface area contributed by atoms with Gasteiger partial charge in [-0.2, -0.15) is 0 Å². The number of hydrogen-bond acceptors (Lipinski definition) is 1. The van der Waals surface area contributed by atoms with Crippen molar-refractivity contribution in [2.24, 2.45) is 0 Å². The molecule has 0 amide bonds. The summed E-state index contributed by atoms with van der Waals surface area (Å²) in [5.74, 6) is 0. The van der Waals surface area contributed by atoms with Crippen LogP contribution in [0.3, 0.4) is 0 Å². The molecule has 0 aliphatic heterocycles. The molecule has 10 heavy (non-hydrogen) atoms. The molecule has 0 aromatic carbocycles. The van der Waals surface area contributed by atoms with Crippen molar-refractivity contribution < 1.29 is 2.92 Å². The van der Waals surface area contributed by atoms with Crippen LogP contribution in [-0.4, -0.2) is 0 Å². The summed E-state index contributed by atoms with van der Waals surface area (Å²) < 4.78 is 1.89. The molecule has 3 radical (unpaired) electrons. The van der Waals surface area contributed by atoms with E-state index in [-0.39, 0.29) is 9.90 Å². The zero-order valence-electron chi connectivity index (χ0n) is 3.95. The van der Waals surface area contributed by atoms with Crippen LogP contribution in [-0.2, 0) is 2.92 Å². The Hall–Kier alpha value is 4.18. The Labute approximate surface area is 121 Å². The van der Waals surface area contributed by atoms with Gasteiger partial charge < -0.3 is 0 Å². The minimum atomic E-state index is -1.99. The third-order valence-electron chi connectivity index (χ3n) is 0. The fourth-order valence-corrected chi connectivity index (χ4v) is 0. The molecule has 10 heteroatoms. The third-order valence-corrected chi connectivity index (χ3v) is 0. The first-order valence-electron chi connectivity index (χ1n) is 1.15. The molecule has 0 fully saturated rings. The van der Waals surface area contributed by atoms with E-state index in [0.717, 1.165) is 0 Å². The molecule has 0 aliphatic rings. The number of hydrogen-bond donors (Lipinski definition) is 0. The van der Waals surface area contributed by atoms with E-state index in [0.29, 0.717) is 0 Å². The van der Waals surface area contributed by atoms with Gasteiger partial charge in [0.2, 0.25) is 0 Å². The van der Waals surface area contributed by atoms with Crippen molar-refractivity contribution in [1.82, 2.24) is 0 Å². The van der Waals surface area contributed by atoms with Gasteiger partial charge >= 0.3 is 77.6 Å². The molecule has 0 saturated carbocycles. The van der Waals surface area contributed by atoms with Crippen LogP contribution in [0.4, 0.5) is 0 Å². The van der Waals surface area contributed by atoms with E-state index in [1.807, 2.05) is 0 Å². The zero-order valence-corrected chi connectivity index (χ0v) is 16.8. The van der Waals surface area contributed by atoms with Crippen LogP contribution in [0.1, 0.15) is 0 Å². The van der Waals surface area contributed by atoms with Crippen LogP contribution in [0, 0.1) is 0 Å². The topological polar surface area (TPSA) is 9.23 Å². The molecule has 0 saturated heterocycles. The van der Waals surface area contributed by atoms with E-state index >= 15 is 0 Å². The molecule has 0 aromatic heterocycles. The molecular weight excluding hydrogens is 637 g/mol. The zero-order chi connectivity index (χ0) is 8.15. The molecule has 65 valence electrons. The Kier molecular flexibility index (Phi) is 16.7. The fraction of sp³-hybridized carbons (Fsp3) is 0. The molecular formula is Br7OP2. The first kappa shape index (κ1) is 19.7. The van der Waals surface area contributed by atoms with Crippen LogP contribution in [0.5, 0.6) is 0 Å². The normalized spacial score (nSPS) is 13.3. The molecule has 0 unspecified atom stereocenters. The second-order valence-corrected chi connectivity index (χ2v) is 53.3. The van der Waals surface area contributed by atoms with E-state index in [1.54, 1.807) is 0 Å². The van der Waals surface area contributed by atoms with E-state index in [9.17, 15) is 0 Å². The molecule has 0 spiro atoms. The Morgan fingerprint density at radius 1 is 0.800 bits per heavy atom. The molecule has 0 aromatic rings. The largest absolute Gasteiger partial charge is 0 e. The van der Waals surface area contributed by atoms with Gasteiger partial charge in [0.25, 0.3) is 0 Å². The summed E-state index contributed by atoms with van der Waals surface area (Å²) in [6, 6.07) is 0. The maximum Gasteiger partial charge on any atom is 0 e. The first-order valence-corrected chi connectivity index (χ1v) is 14.8. The van der Waals surface area contributed by atoms with Crippen LogP contribution in [0.25, 0.3) is 0 Å². The van der Waals surface area contributed by atoms with Gasteiger partial charge in [0.1, 0.15) is 32.5 Å². The molecule has 0 N–H and O–H groups in total. The van der Waals surface area contributed by atoms with Gasteiger partial charge in [-0.25, -0.2) is 2.92 Å². The molecule has 0 bridgehead atoms. The van der Waals surface area contributed by atoms with Crippen LogP contribution in [0.2, 0.25) is 0 Å². The molecule has 0 atom stereocenters. The monoisotopic (exact) mass is 630 g/mol. The van der Waals surface area contributed by atoms with E-state index < -0.39 is 0.115 Å². The SMILES string of the molecule is BrOBr.BrP(Br)(Br)(Br)Br.[P]. The average Bonchev–Trinajstić information content (AvgIpc) is 1.23. The van der Waals surface area contributed by atoms with Crippen molar-refractivity contribution in [2.75, 3.05) is 0 Å². The standard InChI is InChI=1S/Br5P.Br2O.P/c1-6(2,3,4)5;1-3-2;. The number of rotatable bonds is 0. The summed E-state index contributed by atoms with van der Waals surface area (Å²) >= 11 is 21.5. The van der Waals surface area contributed by atoms with Gasteiger partial charge in [-0.05, 0) is 0 Å². The second kappa shape index (κ2) is 8.49. The molecule has 0 rings (SSSR count). The van der Waals surface area contributed by atoms with Gasteiger partial charge in [0.05, 0.1) is 0 Å². The summed E-state index contributed by atoms with van der Waals surface area (Å²) in [7, 11) is 0. The van der Waals surface area contributed by atoms with Crippen molar-refractivity contribution >= 4 is 120 Å². The minimum absolute atomic E-state index is 0. The van der Waals surface area contributed by atoms with Gasteiger partial charge in [-0.1, -0.05) is 0 Å². The summed E-state index contributed by atoms with van der Waals surface area (Å²) in [6.07, 6.45) is 0. The summed E-state index contributed by atoms with van der Waals surface area (Å²) in [5.41, 5.74) is 0. The predicted octanol–water partition coefficient (Wildman–Crippen LogP) is 7.57. The Morgan fingerprint density at radius 3 is 0.800 bits per heavy atom. The summed E-state index contributed by atoms with van der Waals surface area (Å²) in [5, 5.41) is 0. The second-order valence-electron chi connectivity index (χ2n) is 0.697. The predicted molar refractivity (Wildman–Crippen MR) is 77.4 cm³/mol. The third kappa shape index (κ3) is 87.1. The molecule has 1 nitrogen and oxygen atoms in total. The van der Waals surface area contributed by atoms with Crippen LogP contribution >= 0.6 is 120 Å². The smallest absolute Gasteiger partial charge is 0 e. The van der Waals surface area contributed by atoms with Gasteiger partial charge in [0.15, 0.2) is 0 Å². The van der Waals surface area contributed by atoms with E-state index in [1.165, 1.54) is 0 Å². The molecule has 0 aliphatic carbocycles. The first-order chi connectivity index (χ1) is 3.65. The summed E-state index contributed by atoms with van der Waals surface area (Å²) in [6.45, 7) is 0. The summed E-state index contributed by atoms with van der Waals surface area (Å²) in [4.78, 5) is 0. The van der Waals surface area contributed by atoms with Crippen LogP contribution in [0.15, 0.2) is 0 Å². The van der Waals surface area contributed by atoms with Gasteiger partial charge in [-0.15, -0.1) is 0 Å². The fourth-order valence-electron chi connectivity index (χ4n) is 0. The van der Waals surface area contributed by atoms with Gasteiger partial charge in [-0.3, -0.25) is 0 Å². The van der Waals surface area contributed by atoms with Crippen molar-refractivity contribution in [2.45, 2.75) is 0 Å². The van der Waals surface area contributed by atoms with Crippen molar-refractivity contribution in [3.05, 3.63) is 0 Å². The van der Waals surface area contributed by atoms with Crippen molar-refractivity contribution in [1.29, 1.82) is 0 Å². The maximum atomic E-state index is 3.88. The quantitative estimate of drug-likeness (QED) is 0.249. The van der Waals surface area contributed by atoms with Gasteiger partial charge in [0, 0.05) is 9.90 Å². The Balaban J connectivity index is -0.000000107. The molecule has 0 heterocycles.